The van der Waals surface area contributed by atoms with E-state index < -0.39 is 0 Å². The highest BCUT2D eigenvalue weighted by atomic mass is 33.1. The van der Waals surface area contributed by atoms with E-state index in [0.717, 1.165) is 5.75 Å². The summed E-state index contributed by atoms with van der Waals surface area (Å²) in [5, 5.41) is 0. The lowest BCUT2D eigenvalue weighted by Gasteiger charge is -2.20. The van der Waals surface area contributed by atoms with Crippen molar-refractivity contribution in [1.82, 2.24) is 0 Å². The van der Waals surface area contributed by atoms with Crippen LogP contribution in [0.5, 0.6) is 0 Å². The molecule has 0 nitrogen and oxygen atoms in total. The predicted octanol–water partition coefficient (Wildman–Crippen LogP) is 4.76. The summed E-state index contributed by atoms with van der Waals surface area (Å²) in [4.78, 5) is 0. The fourth-order valence-corrected chi connectivity index (χ4v) is 3.61. The molecule has 0 fully saturated rings. The highest BCUT2D eigenvalue weighted by Crippen LogP contribution is 2.39. The fourth-order valence-electron chi connectivity index (χ4n) is 0.890. The Kier molecular flexibility index (Phi) is 4.90. The highest BCUT2D eigenvalue weighted by Gasteiger charge is 2.15. The van der Waals surface area contributed by atoms with Crippen LogP contribution in [-0.4, -0.2) is 4.75 Å². The van der Waals surface area contributed by atoms with Gasteiger partial charge >= 0.3 is 0 Å². The Bertz CT molecular complexity index is 254. The van der Waals surface area contributed by atoms with E-state index in [4.69, 9.17) is 0 Å². The standard InChI is InChI=1S/C12H18S2/c1-4-12(2,3)14-13-10-11-8-6-5-7-9-11/h5-9H,4,10H2,1-3H3. The van der Waals surface area contributed by atoms with Gasteiger partial charge in [0, 0.05) is 10.5 Å². The van der Waals surface area contributed by atoms with Gasteiger partial charge in [-0.25, -0.2) is 0 Å². The molecule has 0 aliphatic carbocycles. The molecule has 0 saturated heterocycles. The van der Waals surface area contributed by atoms with Crippen molar-refractivity contribution in [3.8, 4) is 0 Å². The minimum Gasteiger partial charge on any atom is -0.0888 e. The second-order valence-electron chi connectivity index (χ2n) is 3.94. The molecule has 0 unspecified atom stereocenters. The van der Waals surface area contributed by atoms with Crippen molar-refractivity contribution in [1.29, 1.82) is 0 Å². The molecule has 1 rings (SSSR count). The molecular weight excluding hydrogens is 208 g/mol. The third-order valence-electron chi connectivity index (χ3n) is 2.20. The lowest BCUT2D eigenvalue weighted by Crippen LogP contribution is -2.10. The second-order valence-corrected chi connectivity index (χ2v) is 6.95. The first-order valence-electron chi connectivity index (χ1n) is 4.98. The quantitative estimate of drug-likeness (QED) is 0.664. The summed E-state index contributed by atoms with van der Waals surface area (Å²) in [6.45, 7) is 6.85. The van der Waals surface area contributed by atoms with Crippen molar-refractivity contribution >= 4 is 21.6 Å². The van der Waals surface area contributed by atoms with Gasteiger partial charge in [-0.15, -0.1) is 0 Å². The molecule has 1 aromatic carbocycles. The largest absolute Gasteiger partial charge is 0.0888 e. The molecule has 78 valence electrons. The Morgan fingerprint density at radius 1 is 1.14 bits per heavy atom. The van der Waals surface area contributed by atoms with Crippen LogP contribution in [0.3, 0.4) is 0 Å². The molecule has 2 heteroatoms. The van der Waals surface area contributed by atoms with Crippen molar-refractivity contribution in [3.05, 3.63) is 35.9 Å². The minimum absolute atomic E-state index is 0.402. The Morgan fingerprint density at radius 3 is 2.36 bits per heavy atom. The Balaban J connectivity index is 2.29. The number of hydrogen-bond donors (Lipinski definition) is 0. The Labute approximate surface area is 95.3 Å². The zero-order valence-corrected chi connectivity index (χ0v) is 10.8. The molecule has 0 spiro atoms. The van der Waals surface area contributed by atoms with Gasteiger partial charge < -0.3 is 0 Å². The van der Waals surface area contributed by atoms with E-state index in [1.165, 1.54) is 12.0 Å². The summed E-state index contributed by atoms with van der Waals surface area (Å²) >= 11 is 0. The third kappa shape index (κ3) is 4.43. The van der Waals surface area contributed by atoms with Crippen LogP contribution in [0.25, 0.3) is 0 Å². The number of rotatable bonds is 5. The van der Waals surface area contributed by atoms with Crippen molar-refractivity contribution in [3.63, 3.8) is 0 Å². The summed E-state index contributed by atoms with van der Waals surface area (Å²) in [6, 6.07) is 10.6. The van der Waals surface area contributed by atoms with Gasteiger partial charge in [0.25, 0.3) is 0 Å². The summed E-state index contributed by atoms with van der Waals surface area (Å²) < 4.78 is 0.402. The van der Waals surface area contributed by atoms with Crippen molar-refractivity contribution < 1.29 is 0 Å². The average Bonchev–Trinajstić information content (AvgIpc) is 2.19. The van der Waals surface area contributed by atoms with E-state index in [1.54, 1.807) is 0 Å². The normalized spacial score (nSPS) is 11.6. The fraction of sp³-hybridized carbons (Fsp3) is 0.500. The molecule has 0 N–H and O–H groups in total. The van der Waals surface area contributed by atoms with Gasteiger partial charge in [0.15, 0.2) is 0 Å². The van der Waals surface area contributed by atoms with E-state index >= 15 is 0 Å². The zero-order chi connectivity index (χ0) is 10.4. The molecule has 0 heterocycles. The van der Waals surface area contributed by atoms with Crippen LogP contribution < -0.4 is 0 Å². The SMILES string of the molecule is CCC(C)(C)SSCc1ccccc1. The van der Waals surface area contributed by atoms with Gasteiger partial charge in [-0.05, 0) is 25.8 Å². The zero-order valence-electron chi connectivity index (χ0n) is 9.12. The number of benzene rings is 1. The molecule has 14 heavy (non-hydrogen) atoms. The van der Waals surface area contributed by atoms with Gasteiger partial charge in [0.2, 0.25) is 0 Å². The van der Waals surface area contributed by atoms with E-state index in [1.807, 2.05) is 21.6 Å². The maximum Gasteiger partial charge on any atom is 0.0288 e. The number of hydrogen-bond acceptors (Lipinski definition) is 2. The van der Waals surface area contributed by atoms with E-state index in [0.29, 0.717) is 4.75 Å². The molecule has 0 bridgehead atoms. The smallest absolute Gasteiger partial charge is 0.0288 e. The van der Waals surface area contributed by atoms with Gasteiger partial charge in [0.05, 0.1) is 0 Å². The van der Waals surface area contributed by atoms with E-state index in [-0.39, 0.29) is 0 Å². The molecule has 0 saturated carbocycles. The first-order chi connectivity index (χ1) is 6.64. The predicted molar refractivity (Wildman–Crippen MR) is 69.7 cm³/mol. The van der Waals surface area contributed by atoms with Crippen LogP contribution in [0.4, 0.5) is 0 Å². The monoisotopic (exact) mass is 226 g/mol. The lowest BCUT2D eigenvalue weighted by atomic mass is 10.1. The van der Waals surface area contributed by atoms with Gasteiger partial charge in [-0.2, -0.15) is 0 Å². The lowest BCUT2D eigenvalue weighted by molar-refractivity contribution is 0.690. The van der Waals surface area contributed by atoms with Crippen LogP contribution in [-0.2, 0) is 5.75 Å². The van der Waals surface area contributed by atoms with Crippen LogP contribution in [0.2, 0.25) is 0 Å². The highest BCUT2D eigenvalue weighted by molar-refractivity contribution is 8.76. The van der Waals surface area contributed by atoms with Crippen molar-refractivity contribution in [2.75, 3.05) is 0 Å². The molecular formula is C12H18S2. The van der Waals surface area contributed by atoms with Crippen LogP contribution in [0, 0.1) is 0 Å². The van der Waals surface area contributed by atoms with Gasteiger partial charge in [0.1, 0.15) is 0 Å². The Morgan fingerprint density at radius 2 is 1.79 bits per heavy atom. The van der Waals surface area contributed by atoms with Crippen molar-refractivity contribution in [2.45, 2.75) is 37.7 Å². The third-order valence-corrected chi connectivity index (χ3v) is 5.57. The van der Waals surface area contributed by atoms with Crippen LogP contribution >= 0.6 is 21.6 Å². The Hall–Kier alpha value is -0.0800. The van der Waals surface area contributed by atoms with Crippen LogP contribution in [0.1, 0.15) is 32.8 Å². The van der Waals surface area contributed by atoms with Gasteiger partial charge in [-0.1, -0.05) is 58.8 Å². The van der Waals surface area contributed by atoms with E-state index in [9.17, 15) is 0 Å². The second kappa shape index (κ2) is 5.72. The summed E-state index contributed by atoms with van der Waals surface area (Å²) in [5.41, 5.74) is 1.41. The molecule has 0 amide bonds. The first kappa shape index (κ1) is 12.0. The molecule has 1 aromatic rings. The van der Waals surface area contributed by atoms with Gasteiger partial charge in [-0.3, -0.25) is 0 Å². The molecule has 0 atom stereocenters. The minimum atomic E-state index is 0.402. The molecule has 0 radical (unpaired) electrons. The van der Waals surface area contributed by atoms with Crippen LogP contribution in [0.15, 0.2) is 30.3 Å². The molecule has 0 aliphatic heterocycles. The summed E-state index contributed by atoms with van der Waals surface area (Å²) in [5.74, 6) is 1.11. The first-order valence-corrected chi connectivity index (χ1v) is 7.30. The summed E-state index contributed by atoms with van der Waals surface area (Å²) in [7, 11) is 3.94. The maximum absolute atomic E-state index is 2.30. The maximum atomic E-state index is 2.30. The van der Waals surface area contributed by atoms with E-state index in [2.05, 4.69) is 51.1 Å². The summed E-state index contributed by atoms with van der Waals surface area (Å²) in [6.07, 6.45) is 1.22. The average molecular weight is 226 g/mol. The topological polar surface area (TPSA) is 0 Å². The van der Waals surface area contributed by atoms with Crippen molar-refractivity contribution in [2.24, 2.45) is 0 Å². The molecule has 0 aliphatic rings. The molecule has 0 aromatic heterocycles.